The molecule has 4 rings (SSSR count). The summed E-state index contributed by atoms with van der Waals surface area (Å²) < 4.78 is 39.8. The number of aromatic nitrogens is 1. The van der Waals surface area contributed by atoms with E-state index >= 15 is 0 Å². The number of carbonyl (C=O) groups excluding carboxylic acids is 1. The van der Waals surface area contributed by atoms with Crippen molar-refractivity contribution in [2.45, 2.75) is 19.0 Å². The van der Waals surface area contributed by atoms with Gasteiger partial charge in [-0.15, -0.1) is 0 Å². The maximum atomic E-state index is 13.1. The van der Waals surface area contributed by atoms with Crippen molar-refractivity contribution < 1.29 is 18.0 Å². The Balaban J connectivity index is 1.54. The van der Waals surface area contributed by atoms with Gasteiger partial charge in [0.1, 0.15) is 0 Å². The largest absolute Gasteiger partial charge is 0.418 e. The van der Waals surface area contributed by atoms with Crippen LogP contribution in [0.5, 0.6) is 0 Å². The van der Waals surface area contributed by atoms with Crippen LogP contribution in [-0.2, 0) is 11.0 Å². The van der Waals surface area contributed by atoms with E-state index in [1.807, 2.05) is 9.80 Å². The SMILES string of the molecule is O=C(C1CC1)N1CCN(c2nc3c(C(F)(F)F)cccc3s2)CC1. The number of fused-ring (bicyclic) bond motifs is 1. The van der Waals surface area contributed by atoms with Gasteiger partial charge in [-0.2, -0.15) is 13.2 Å². The Morgan fingerprint density at radius 2 is 1.88 bits per heavy atom. The van der Waals surface area contributed by atoms with E-state index in [9.17, 15) is 18.0 Å². The molecule has 2 aliphatic rings. The highest BCUT2D eigenvalue weighted by Crippen LogP contribution is 2.38. The van der Waals surface area contributed by atoms with Gasteiger partial charge in [0.2, 0.25) is 5.91 Å². The van der Waals surface area contributed by atoms with Crippen LogP contribution in [-0.4, -0.2) is 42.0 Å². The fourth-order valence-electron chi connectivity index (χ4n) is 3.01. The maximum absolute atomic E-state index is 13.1. The van der Waals surface area contributed by atoms with Gasteiger partial charge in [-0.1, -0.05) is 17.4 Å². The number of rotatable bonds is 2. The van der Waals surface area contributed by atoms with E-state index in [0.29, 0.717) is 36.0 Å². The number of hydrogen-bond acceptors (Lipinski definition) is 4. The lowest BCUT2D eigenvalue weighted by Crippen LogP contribution is -2.49. The number of piperazine rings is 1. The molecule has 2 fully saturated rings. The molecule has 1 aliphatic heterocycles. The minimum absolute atomic E-state index is 0.0153. The third-order valence-corrected chi connectivity index (χ3v) is 5.58. The summed E-state index contributed by atoms with van der Waals surface area (Å²) in [6.45, 7) is 2.44. The minimum Gasteiger partial charge on any atom is -0.345 e. The van der Waals surface area contributed by atoms with Crippen LogP contribution < -0.4 is 4.90 Å². The number of thiazole rings is 1. The predicted octanol–water partition coefficient (Wildman–Crippen LogP) is 3.37. The first kappa shape index (κ1) is 15.7. The molecule has 1 saturated carbocycles. The van der Waals surface area contributed by atoms with Gasteiger partial charge >= 0.3 is 6.18 Å². The number of benzene rings is 1. The summed E-state index contributed by atoms with van der Waals surface area (Å²) in [6.07, 6.45) is -2.44. The van der Waals surface area contributed by atoms with Gasteiger partial charge < -0.3 is 9.80 Å². The van der Waals surface area contributed by atoms with E-state index in [1.54, 1.807) is 6.07 Å². The first-order chi connectivity index (χ1) is 11.4. The number of carbonyl (C=O) groups is 1. The Morgan fingerprint density at radius 3 is 2.50 bits per heavy atom. The molecule has 0 radical (unpaired) electrons. The van der Waals surface area contributed by atoms with Crippen molar-refractivity contribution in [1.82, 2.24) is 9.88 Å². The van der Waals surface area contributed by atoms with Crippen LogP contribution >= 0.6 is 11.3 Å². The quantitative estimate of drug-likeness (QED) is 0.829. The Bertz CT molecular complexity index is 776. The number of amides is 1. The van der Waals surface area contributed by atoms with E-state index in [1.165, 1.54) is 17.4 Å². The second-order valence-electron chi connectivity index (χ2n) is 6.23. The number of nitrogens with zero attached hydrogens (tertiary/aromatic N) is 3. The molecule has 1 aromatic heterocycles. The first-order valence-electron chi connectivity index (χ1n) is 7.94. The van der Waals surface area contributed by atoms with Crippen molar-refractivity contribution in [3.05, 3.63) is 23.8 Å². The van der Waals surface area contributed by atoms with Gasteiger partial charge in [-0.3, -0.25) is 4.79 Å². The highest BCUT2D eigenvalue weighted by Gasteiger charge is 2.36. The molecular formula is C16H16F3N3OS. The van der Waals surface area contributed by atoms with Crippen LogP contribution in [0, 0.1) is 5.92 Å². The smallest absolute Gasteiger partial charge is 0.345 e. The number of anilines is 1. The Labute approximate surface area is 140 Å². The van der Waals surface area contributed by atoms with Crippen molar-refractivity contribution >= 4 is 32.6 Å². The van der Waals surface area contributed by atoms with E-state index in [4.69, 9.17) is 0 Å². The normalized spacial score (nSPS) is 19.1. The Morgan fingerprint density at radius 1 is 1.17 bits per heavy atom. The zero-order valence-electron chi connectivity index (χ0n) is 12.8. The van der Waals surface area contributed by atoms with E-state index in [0.717, 1.165) is 18.9 Å². The third-order valence-electron chi connectivity index (χ3n) is 4.50. The molecule has 1 aliphatic carbocycles. The van der Waals surface area contributed by atoms with Gasteiger partial charge in [0.25, 0.3) is 0 Å². The van der Waals surface area contributed by atoms with Crippen LogP contribution in [0.3, 0.4) is 0 Å². The number of alkyl halides is 3. The molecule has 2 heterocycles. The second kappa shape index (κ2) is 5.61. The molecule has 24 heavy (non-hydrogen) atoms. The summed E-state index contributed by atoms with van der Waals surface area (Å²) in [7, 11) is 0. The monoisotopic (exact) mass is 355 g/mol. The van der Waals surface area contributed by atoms with Gasteiger partial charge in [0.15, 0.2) is 5.13 Å². The van der Waals surface area contributed by atoms with Gasteiger partial charge in [0.05, 0.1) is 15.8 Å². The summed E-state index contributed by atoms with van der Waals surface area (Å²) in [4.78, 5) is 20.1. The highest BCUT2D eigenvalue weighted by molar-refractivity contribution is 7.22. The highest BCUT2D eigenvalue weighted by atomic mass is 32.1. The first-order valence-corrected chi connectivity index (χ1v) is 8.75. The lowest BCUT2D eigenvalue weighted by Gasteiger charge is -2.34. The van der Waals surface area contributed by atoms with E-state index < -0.39 is 11.7 Å². The fraction of sp³-hybridized carbons (Fsp3) is 0.500. The summed E-state index contributed by atoms with van der Waals surface area (Å²) in [5.41, 5.74) is -0.675. The average molecular weight is 355 g/mol. The van der Waals surface area contributed by atoms with Crippen LogP contribution in [0.25, 0.3) is 10.2 Å². The van der Waals surface area contributed by atoms with Gasteiger partial charge in [-0.05, 0) is 25.0 Å². The molecule has 0 bridgehead atoms. The fourth-order valence-corrected chi connectivity index (χ4v) is 4.05. The molecule has 0 atom stereocenters. The number of para-hydroxylation sites is 1. The van der Waals surface area contributed by atoms with Crippen molar-refractivity contribution in [3.8, 4) is 0 Å². The van der Waals surface area contributed by atoms with Crippen LogP contribution in [0.2, 0.25) is 0 Å². The summed E-state index contributed by atoms with van der Waals surface area (Å²) in [5, 5.41) is 0.597. The standard InChI is InChI=1S/C16H16F3N3OS/c17-16(18,19)11-2-1-3-12-13(11)20-15(24-12)22-8-6-21(7-9-22)14(23)10-4-5-10/h1-3,10H,4-9H2. The van der Waals surface area contributed by atoms with E-state index in [2.05, 4.69) is 4.98 Å². The maximum Gasteiger partial charge on any atom is 0.418 e. The summed E-state index contributed by atoms with van der Waals surface area (Å²) in [5.74, 6) is 0.423. The molecule has 8 heteroatoms. The molecule has 2 aromatic rings. The Hall–Kier alpha value is -1.83. The van der Waals surface area contributed by atoms with E-state index in [-0.39, 0.29) is 17.3 Å². The second-order valence-corrected chi connectivity index (χ2v) is 7.24. The molecule has 1 saturated heterocycles. The molecule has 1 amide bonds. The minimum atomic E-state index is -4.40. The molecule has 4 nitrogen and oxygen atoms in total. The van der Waals surface area contributed by atoms with Crippen molar-refractivity contribution in [2.75, 3.05) is 31.1 Å². The van der Waals surface area contributed by atoms with Crippen LogP contribution in [0.4, 0.5) is 18.3 Å². The topological polar surface area (TPSA) is 36.4 Å². The number of hydrogen-bond donors (Lipinski definition) is 0. The summed E-state index contributed by atoms with van der Waals surface area (Å²) >= 11 is 1.27. The zero-order chi connectivity index (χ0) is 16.9. The van der Waals surface area contributed by atoms with Crippen molar-refractivity contribution in [1.29, 1.82) is 0 Å². The molecule has 0 unspecified atom stereocenters. The predicted molar refractivity (Wildman–Crippen MR) is 86.1 cm³/mol. The number of halogens is 3. The molecule has 0 spiro atoms. The van der Waals surface area contributed by atoms with Gasteiger partial charge in [-0.25, -0.2) is 4.98 Å². The molecule has 1 aromatic carbocycles. The van der Waals surface area contributed by atoms with Gasteiger partial charge in [0, 0.05) is 32.1 Å². The molecular weight excluding hydrogens is 339 g/mol. The summed E-state index contributed by atoms with van der Waals surface area (Å²) in [6, 6.07) is 4.15. The third kappa shape index (κ3) is 2.83. The molecule has 128 valence electrons. The average Bonchev–Trinajstić information content (AvgIpc) is 3.31. The lowest BCUT2D eigenvalue weighted by atomic mass is 10.2. The Kier molecular flexibility index (Phi) is 3.67. The van der Waals surface area contributed by atoms with Crippen molar-refractivity contribution in [2.24, 2.45) is 5.92 Å². The van der Waals surface area contributed by atoms with Crippen LogP contribution in [0.1, 0.15) is 18.4 Å². The molecule has 0 N–H and O–H groups in total. The van der Waals surface area contributed by atoms with Crippen LogP contribution in [0.15, 0.2) is 18.2 Å². The lowest BCUT2D eigenvalue weighted by molar-refractivity contribution is -0.136. The van der Waals surface area contributed by atoms with Crippen molar-refractivity contribution in [3.63, 3.8) is 0 Å². The zero-order valence-corrected chi connectivity index (χ0v) is 13.7.